The van der Waals surface area contributed by atoms with E-state index in [2.05, 4.69) is 16.4 Å². The van der Waals surface area contributed by atoms with Crippen LogP contribution < -0.4 is 5.32 Å². The van der Waals surface area contributed by atoms with Gasteiger partial charge in [0.1, 0.15) is 6.07 Å². The molecule has 0 aliphatic heterocycles. The van der Waals surface area contributed by atoms with Gasteiger partial charge in [0.25, 0.3) is 0 Å². The van der Waals surface area contributed by atoms with E-state index in [-0.39, 0.29) is 0 Å². The predicted octanol–water partition coefficient (Wildman–Crippen LogP) is 2.51. The first-order valence-corrected chi connectivity index (χ1v) is 6.07. The van der Waals surface area contributed by atoms with Crippen LogP contribution >= 0.6 is 11.6 Å². The number of imidazole rings is 1. The fourth-order valence-electron chi connectivity index (χ4n) is 1.75. The Bertz CT molecular complexity index is 583. The largest absolute Gasteiger partial charge is 0.313 e. The summed E-state index contributed by atoms with van der Waals surface area (Å²) in [5.74, 6) is 0.356. The minimum atomic E-state index is 0.356. The van der Waals surface area contributed by atoms with Crippen LogP contribution in [0.15, 0.2) is 30.6 Å². The van der Waals surface area contributed by atoms with Gasteiger partial charge < -0.3 is 5.32 Å². The molecule has 0 aliphatic carbocycles. The first-order chi connectivity index (χ1) is 8.76. The van der Waals surface area contributed by atoms with Gasteiger partial charge in [-0.15, -0.1) is 0 Å². The topological polar surface area (TPSA) is 53.6 Å². The number of halogens is 1. The molecule has 1 heterocycles. The van der Waals surface area contributed by atoms with Crippen molar-refractivity contribution in [1.29, 1.82) is 5.26 Å². The maximum Gasteiger partial charge on any atom is 0.217 e. The first kappa shape index (κ1) is 12.6. The molecule has 0 amide bonds. The highest BCUT2D eigenvalue weighted by Crippen LogP contribution is 2.21. The molecule has 4 nitrogen and oxygen atoms in total. The monoisotopic (exact) mass is 260 g/mol. The number of hydrogen-bond donors (Lipinski definition) is 1. The number of hydrogen-bond acceptors (Lipinski definition) is 3. The molecule has 0 aliphatic rings. The molecule has 0 unspecified atom stereocenters. The van der Waals surface area contributed by atoms with Gasteiger partial charge >= 0.3 is 0 Å². The molecule has 0 bridgehead atoms. The van der Waals surface area contributed by atoms with Crippen molar-refractivity contribution in [3.05, 3.63) is 47.0 Å². The van der Waals surface area contributed by atoms with Gasteiger partial charge in [-0.05, 0) is 24.2 Å². The molecule has 0 atom stereocenters. The summed E-state index contributed by atoms with van der Waals surface area (Å²) in [6.07, 6.45) is 3.37. The standard InChI is InChI=1S/C13H13ClN4/c1-2-16-9-10-3-4-11(14)7-12(10)18-6-5-17-13(18)8-15/h3-7,16H,2,9H2,1H3. The van der Waals surface area contributed by atoms with E-state index >= 15 is 0 Å². The van der Waals surface area contributed by atoms with Crippen LogP contribution in [0.5, 0.6) is 0 Å². The Morgan fingerprint density at radius 2 is 2.33 bits per heavy atom. The number of nitrogens with one attached hydrogen (secondary N) is 1. The van der Waals surface area contributed by atoms with Crippen molar-refractivity contribution in [3.8, 4) is 11.8 Å². The molecule has 92 valence electrons. The van der Waals surface area contributed by atoms with E-state index in [4.69, 9.17) is 16.9 Å². The number of benzene rings is 1. The van der Waals surface area contributed by atoms with Crippen molar-refractivity contribution in [2.45, 2.75) is 13.5 Å². The second-order valence-corrected chi connectivity index (χ2v) is 4.22. The average molecular weight is 261 g/mol. The maximum absolute atomic E-state index is 9.02. The Balaban J connectivity index is 2.48. The summed E-state index contributed by atoms with van der Waals surface area (Å²) in [6, 6.07) is 7.72. The highest BCUT2D eigenvalue weighted by atomic mass is 35.5. The molecule has 18 heavy (non-hydrogen) atoms. The molecule has 0 saturated carbocycles. The summed E-state index contributed by atoms with van der Waals surface area (Å²) in [5.41, 5.74) is 1.97. The molecular weight excluding hydrogens is 248 g/mol. The van der Waals surface area contributed by atoms with Crippen LogP contribution in [-0.2, 0) is 6.54 Å². The Labute approximate surface area is 111 Å². The summed E-state index contributed by atoms with van der Waals surface area (Å²) in [6.45, 7) is 3.66. The van der Waals surface area contributed by atoms with Gasteiger partial charge in [0.2, 0.25) is 5.82 Å². The Morgan fingerprint density at radius 1 is 1.50 bits per heavy atom. The zero-order chi connectivity index (χ0) is 13.0. The quantitative estimate of drug-likeness (QED) is 0.919. The summed E-state index contributed by atoms with van der Waals surface area (Å²) in [5, 5.41) is 12.9. The SMILES string of the molecule is CCNCc1ccc(Cl)cc1-n1ccnc1C#N. The van der Waals surface area contributed by atoms with E-state index in [1.54, 1.807) is 17.0 Å². The Kier molecular flexibility index (Phi) is 3.98. The Morgan fingerprint density at radius 3 is 3.06 bits per heavy atom. The van der Waals surface area contributed by atoms with E-state index in [0.717, 1.165) is 24.3 Å². The fraction of sp³-hybridized carbons (Fsp3) is 0.231. The number of nitrogens with zero attached hydrogens (tertiary/aromatic N) is 3. The molecule has 2 aromatic rings. The lowest BCUT2D eigenvalue weighted by atomic mass is 10.1. The van der Waals surface area contributed by atoms with Crippen molar-refractivity contribution in [2.75, 3.05) is 6.54 Å². The maximum atomic E-state index is 9.02. The number of rotatable bonds is 4. The van der Waals surface area contributed by atoms with Crippen LogP contribution in [0.25, 0.3) is 5.69 Å². The van der Waals surface area contributed by atoms with E-state index < -0.39 is 0 Å². The van der Waals surface area contributed by atoms with Crippen LogP contribution in [0.4, 0.5) is 0 Å². The third-order valence-electron chi connectivity index (χ3n) is 2.61. The van der Waals surface area contributed by atoms with E-state index in [1.807, 2.05) is 25.1 Å². The highest BCUT2D eigenvalue weighted by molar-refractivity contribution is 6.30. The summed E-state index contributed by atoms with van der Waals surface area (Å²) in [7, 11) is 0. The lowest BCUT2D eigenvalue weighted by molar-refractivity contribution is 0.722. The van der Waals surface area contributed by atoms with Crippen LogP contribution in [0.1, 0.15) is 18.3 Å². The minimum absolute atomic E-state index is 0.356. The van der Waals surface area contributed by atoms with Gasteiger partial charge in [0.15, 0.2) is 0 Å². The summed E-state index contributed by atoms with van der Waals surface area (Å²) in [4.78, 5) is 4.00. The van der Waals surface area contributed by atoms with Gasteiger partial charge in [-0.3, -0.25) is 4.57 Å². The molecule has 0 spiro atoms. The molecule has 0 fully saturated rings. The molecule has 0 radical (unpaired) electrons. The highest BCUT2D eigenvalue weighted by Gasteiger charge is 2.09. The van der Waals surface area contributed by atoms with Gasteiger partial charge in [-0.2, -0.15) is 5.26 Å². The van der Waals surface area contributed by atoms with E-state index in [0.29, 0.717) is 10.8 Å². The third-order valence-corrected chi connectivity index (χ3v) is 2.85. The molecule has 5 heteroatoms. The Hall–Kier alpha value is -1.83. The van der Waals surface area contributed by atoms with Crippen LogP contribution in [0, 0.1) is 11.3 Å². The van der Waals surface area contributed by atoms with Crippen molar-refractivity contribution in [1.82, 2.24) is 14.9 Å². The minimum Gasteiger partial charge on any atom is -0.313 e. The number of nitriles is 1. The second kappa shape index (κ2) is 5.67. The molecule has 1 aromatic heterocycles. The lowest BCUT2D eigenvalue weighted by Gasteiger charge is -2.12. The van der Waals surface area contributed by atoms with Crippen molar-refractivity contribution in [3.63, 3.8) is 0 Å². The number of aromatic nitrogens is 2. The zero-order valence-corrected chi connectivity index (χ0v) is 10.8. The van der Waals surface area contributed by atoms with Gasteiger partial charge in [0, 0.05) is 24.0 Å². The van der Waals surface area contributed by atoms with Crippen molar-refractivity contribution in [2.24, 2.45) is 0 Å². The van der Waals surface area contributed by atoms with E-state index in [1.165, 1.54) is 0 Å². The van der Waals surface area contributed by atoms with Crippen molar-refractivity contribution >= 4 is 11.6 Å². The van der Waals surface area contributed by atoms with Crippen LogP contribution in [0.3, 0.4) is 0 Å². The van der Waals surface area contributed by atoms with Gasteiger partial charge in [-0.1, -0.05) is 24.6 Å². The average Bonchev–Trinajstić information content (AvgIpc) is 2.85. The summed E-state index contributed by atoms with van der Waals surface area (Å²) < 4.78 is 1.75. The molecular formula is C13H13ClN4. The normalized spacial score (nSPS) is 10.3. The molecule has 1 N–H and O–H groups in total. The molecule has 0 saturated heterocycles. The van der Waals surface area contributed by atoms with Crippen LogP contribution in [-0.4, -0.2) is 16.1 Å². The zero-order valence-electron chi connectivity index (χ0n) is 10.0. The van der Waals surface area contributed by atoms with Crippen LogP contribution in [0.2, 0.25) is 5.02 Å². The smallest absolute Gasteiger partial charge is 0.217 e. The predicted molar refractivity (Wildman–Crippen MR) is 70.7 cm³/mol. The fourth-order valence-corrected chi connectivity index (χ4v) is 1.92. The van der Waals surface area contributed by atoms with Gasteiger partial charge in [-0.25, -0.2) is 4.98 Å². The molecule has 1 aromatic carbocycles. The molecule has 2 rings (SSSR count). The second-order valence-electron chi connectivity index (χ2n) is 3.79. The first-order valence-electron chi connectivity index (χ1n) is 5.69. The van der Waals surface area contributed by atoms with Gasteiger partial charge in [0.05, 0.1) is 5.69 Å². The van der Waals surface area contributed by atoms with E-state index in [9.17, 15) is 0 Å². The summed E-state index contributed by atoms with van der Waals surface area (Å²) >= 11 is 6.03. The third kappa shape index (κ3) is 2.53. The lowest BCUT2D eigenvalue weighted by Crippen LogP contribution is -2.14. The van der Waals surface area contributed by atoms with Crippen molar-refractivity contribution < 1.29 is 0 Å².